The number of aromatic nitrogens is 3. The molecule has 200 valence electrons. The molecule has 2 aromatic carbocycles. The zero-order valence-electron chi connectivity index (χ0n) is 21.3. The summed E-state index contributed by atoms with van der Waals surface area (Å²) in [5.74, 6) is 0. The summed E-state index contributed by atoms with van der Waals surface area (Å²) in [5, 5.41) is 13.0. The number of hydrogen-bond donors (Lipinski definition) is 3. The van der Waals surface area contributed by atoms with Crippen LogP contribution in [0.4, 0.5) is 10.3 Å². The summed E-state index contributed by atoms with van der Waals surface area (Å²) in [4.78, 5) is 0.361. The van der Waals surface area contributed by atoms with Gasteiger partial charge in [0, 0.05) is 53.9 Å². The third-order valence-electron chi connectivity index (χ3n) is 7.01. The van der Waals surface area contributed by atoms with Gasteiger partial charge in [-0.1, -0.05) is 53.9 Å². The number of thiocarbonyl (C=S) groups is 1. The minimum Gasteiger partial charge on any atom is -0.389 e. The maximum absolute atomic E-state index is 12.7. The number of rotatable bonds is 8. The molecule has 12 heteroatoms. The normalized spacial score (nSPS) is 15.3. The third kappa shape index (κ3) is 5.26. The van der Waals surface area contributed by atoms with Crippen molar-refractivity contribution in [1.29, 1.82) is 0 Å². The Kier molecular flexibility index (Phi) is 7.40. The number of hydrogen-bond acceptors (Lipinski definition) is 8. The van der Waals surface area contributed by atoms with Crippen LogP contribution in [0.2, 0.25) is 0 Å². The quantitative estimate of drug-likeness (QED) is 0.267. The topological polar surface area (TPSA) is 132 Å². The number of fused-ring (bicyclic) bond motifs is 1. The molecule has 0 atom stereocenters. The largest absolute Gasteiger partial charge is 0.389 e. The van der Waals surface area contributed by atoms with Gasteiger partial charge in [0.15, 0.2) is 0 Å². The van der Waals surface area contributed by atoms with E-state index in [0.717, 1.165) is 46.0 Å². The summed E-state index contributed by atoms with van der Waals surface area (Å²) in [6, 6.07) is 14.6. The highest BCUT2D eigenvalue weighted by Gasteiger charge is 2.31. The van der Waals surface area contributed by atoms with Crippen molar-refractivity contribution in [2.75, 3.05) is 24.1 Å². The lowest BCUT2D eigenvalue weighted by atomic mass is 10.0. The number of nitrogens with zero attached hydrogens (tertiary/aromatic N) is 4. The Balaban J connectivity index is 1.51. The van der Waals surface area contributed by atoms with Gasteiger partial charge in [-0.15, -0.1) is 10.2 Å². The first-order valence-corrected chi connectivity index (χ1v) is 15.2. The monoisotopic (exact) mass is 569 g/mol. The van der Waals surface area contributed by atoms with Gasteiger partial charge in [-0.2, -0.15) is 0 Å². The number of nitrogens with two attached hydrogens (primary N) is 2. The molecule has 0 spiro atoms. The Labute approximate surface area is 231 Å². The molecule has 0 saturated carbocycles. The van der Waals surface area contributed by atoms with E-state index in [2.05, 4.69) is 50.5 Å². The lowest BCUT2D eigenvalue weighted by molar-refractivity contribution is 0.276. The van der Waals surface area contributed by atoms with Gasteiger partial charge in [0.2, 0.25) is 20.3 Å². The Morgan fingerprint density at radius 3 is 2.61 bits per heavy atom. The predicted octanol–water partition coefficient (Wildman–Crippen LogP) is 4.36. The SMILES string of the molecule is CC(C)S(=O)(=O)N1CCC(n2cc(-c3cccc(C(N)=S)c3)c3ccc(CNc4nnc(N)s4)cc32)CC1. The molecule has 2 aromatic heterocycles. The van der Waals surface area contributed by atoms with Crippen molar-refractivity contribution in [1.82, 2.24) is 19.1 Å². The van der Waals surface area contributed by atoms with Crippen molar-refractivity contribution in [2.24, 2.45) is 5.73 Å². The summed E-state index contributed by atoms with van der Waals surface area (Å²) in [6.45, 7) is 5.07. The molecule has 0 aliphatic carbocycles. The molecule has 1 aliphatic rings. The standard InChI is InChI=1S/C26H31N7O2S3/c1-16(2)38(34,35)32-10-8-20(9-11-32)33-15-22(18-4-3-5-19(13-18)24(27)36)21-7-6-17(12-23(21)33)14-29-26-31-30-25(28)37-26/h3-7,12-13,15-16,20H,8-11,14H2,1-2H3,(H2,27,36)(H2,28,30)(H,29,31). The Bertz CT molecular complexity index is 1590. The van der Waals surface area contributed by atoms with Gasteiger partial charge in [-0.3, -0.25) is 0 Å². The molecule has 1 saturated heterocycles. The van der Waals surface area contributed by atoms with Gasteiger partial charge in [0.1, 0.15) is 4.99 Å². The van der Waals surface area contributed by atoms with Crippen LogP contribution in [0.3, 0.4) is 0 Å². The number of piperidine rings is 1. The lowest BCUT2D eigenvalue weighted by Gasteiger charge is -2.33. The highest BCUT2D eigenvalue weighted by molar-refractivity contribution is 7.89. The summed E-state index contributed by atoms with van der Waals surface area (Å²) in [5.41, 5.74) is 16.8. The van der Waals surface area contributed by atoms with Gasteiger partial charge >= 0.3 is 0 Å². The molecule has 0 unspecified atom stereocenters. The fraction of sp³-hybridized carbons (Fsp3) is 0.346. The second-order valence-corrected chi connectivity index (χ2v) is 13.7. The molecule has 0 bridgehead atoms. The summed E-state index contributed by atoms with van der Waals surface area (Å²) < 4.78 is 29.4. The first-order valence-electron chi connectivity index (χ1n) is 12.5. The Morgan fingerprint density at radius 1 is 1.18 bits per heavy atom. The minimum absolute atomic E-state index is 0.176. The second-order valence-electron chi connectivity index (χ2n) is 9.77. The van der Waals surface area contributed by atoms with Crippen LogP contribution in [0.5, 0.6) is 0 Å². The van der Waals surface area contributed by atoms with E-state index >= 15 is 0 Å². The van der Waals surface area contributed by atoms with E-state index in [4.69, 9.17) is 23.7 Å². The van der Waals surface area contributed by atoms with Gasteiger partial charge in [0.25, 0.3) is 0 Å². The van der Waals surface area contributed by atoms with Crippen molar-refractivity contribution in [2.45, 2.75) is 44.5 Å². The van der Waals surface area contributed by atoms with E-state index in [0.29, 0.717) is 34.9 Å². The summed E-state index contributed by atoms with van der Waals surface area (Å²) in [6.07, 6.45) is 3.67. The van der Waals surface area contributed by atoms with Gasteiger partial charge < -0.3 is 21.4 Å². The van der Waals surface area contributed by atoms with Crippen LogP contribution in [0.15, 0.2) is 48.7 Å². The fourth-order valence-electron chi connectivity index (χ4n) is 4.94. The van der Waals surface area contributed by atoms with Crippen LogP contribution in [0.1, 0.15) is 43.9 Å². The van der Waals surface area contributed by atoms with E-state index in [1.807, 2.05) is 18.2 Å². The molecule has 5 rings (SSSR count). The maximum atomic E-state index is 12.7. The molecule has 4 aromatic rings. The van der Waals surface area contributed by atoms with Gasteiger partial charge in [-0.05, 0) is 49.9 Å². The highest BCUT2D eigenvalue weighted by atomic mass is 32.2. The van der Waals surface area contributed by atoms with Crippen molar-refractivity contribution in [3.05, 3.63) is 59.8 Å². The minimum atomic E-state index is -3.26. The molecule has 0 radical (unpaired) electrons. The number of sulfonamides is 1. The maximum Gasteiger partial charge on any atom is 0.216 e. The van der Waals surface area contributed by atoms with Crippen LogP contribution in [-0.2, 0) is 16.6 Å². The van der Waals surface area contributed by atoms with Crippen molar-refractivity contribution in [3.8, 4) is 11.1 Å². The molecule has 5 N–H and O–H groups in total. The van der Waals surface area contributed by atoms with E-state index in [-0.39, 0.29) is 6.04 Å². The van der Waals surface area contributed by atoms with Gasteiger partial charge in [0.05, 0.1) is 5.25 Å². The smallest absolute Gasteiger partial charge is 0.216 e. The van der Waals surface area contributed by atoms with E-state index in [1.165, 1.54) is 11.3 Å². The van der Waals surface area contributed by atoms with Crippen LogP contribution in [-0.4, -0.2) is 50.8 Å². The molecular weight excluding hydrogens is 539 g/mol. The molecule has 1 aliphatic heterocycles. The lowest BCUT2D eigenvalue weighted by Crippen LogP contribution is -2.42. The summed E-state index contributed by atoms with van der Waals surface area (Å²) in [7, 11) is -3.26. The predicted molar refractivity (Wildman–Crippen MR) is 159 cm³/mol. The average Bonchev–Trinajstić information content (AvgIpc) is 3.50. The second kappa shape index (κ2) is 10.6. The van der Waals surface area contributed by atoms with E-state index in [9.17, 15) is 8.42 Å². The van der Waals surface area contributed by atoms with E-state index in [1.54, 1.807) is 18.2 Å². The van der Waals surface area contributed by atoms with Crippen molar-refractivity contribution in [3.63, 3.8) is 0 Å². The number of benzene rings is 2. The zero-order valence-corrected chi connectivity index (χ0v) is 23.7. The van der Waals surface area contributed by atoms with Gasteiger partial charge in [-0.25, -0.2) is 12.7 Å². The van der Waals surface area contributed by atoms with Crippen LogP contribution < -0.4 is 16.8 Å². The third-order valence-corrected chi connectivity index (χ3v) is 10.2. The molecule has 3 heterocycles. The Hall–Kier alpha value is -3.06. The molecular formula is C26H31N7O2S3. The number of nitrogens with one attached hydrogen (secondary N) is 1. The van der Waals surface area contributed by atoms with Crippen LogP contribution >= 0.6 is 23.6 Å². The Morgan fingerprint density at radius 2 is 1.95 bits per heavy atom. The first kappa shape index (κ1) is 26.5. The van der Waals surface area contributed by atoms with Crippen molar-refractivity contribution >= 4 is 59.7 Å². The number of nitrogen functional groups attached to an aromatic ring is 1. The fourth-order valence-corrected chi connectivity index (χ4v) is 6.88. The summed E-state index contributed by atoms with van der Waals surface area (Å²) >= 11 is 6.53. The number of anilines is 2. The van der Waals surface area contributed by atoms with Crippen LogP contribution in [0.25, 0.3) is 22.0 Å². The van der Waals surface area contributed by atoms with Crippen LogP contribution in [0, 0.1) is 0 Å². The van der Waals surface area contributed by atoms with E-state index < -0.39 is 15.3 Å². The molecule has 9 nitrogen and oxygen atoms in total. The first-order chi connectivity index (χ1) is 18.1. The molecule has 38 heavy (non-hydrogen) atoms. The molecule has 0 amide bonds. The zero-order chi connectivity index (χ0) is 27.0. The van der Waals surface area contributed by atoms with Crippen molar-refractivity contribution < 1.29 is 8.42 Å². The average molecular weight is 570 g/mol. The molecule has 1 fully saturated rings. The highest BCUT2D eigenvalue weighted by Crippen LogP contribution is 2.37.